The average molecular weight is 350 g/mol. The van der Waals surface area contributed by atoms with Gasteiger partial charge < -0.3 is 16.2 Å². The van der Waals surface area contributed by atoms with Crippen molar-refractivity contribution in [1.29, 1.82) is 0 Å². The number of nitrogens with zero attached hydrogens (tertiary/aromatic N) is 2. The first-order valence-electron chi connectivity index (χ1n) is 7.74. The molecule has 1 amide bonds. The van der Waals surface area contributed by atoms with Crippen LogP contribution in [0.15, 0.2) is 47.5 Å². The van der Waals surface area contributed by atoms with Gasteiger partial charge in [0.25, 0.3) is 5.91 Å². The third-order valence-electron chi connectivity index (χ3n) is 3.84. The van der Waals surface area contributed by atoms with Crippen LogP contribution in [0.1, 0.15) is 28.4 Å². The SMILES string of the molecule is [C-]#[N+]c1cccc(F)c1C1=CC(C)Oc2ccc(C(=O)N=C(N)N)cc21. The van der Waals surface area contributed by atoms with Gasteiger partial charge in [0.15, 0.2) is 11.6 Å². The minimum absolute atomic E-state index is 0.172. The van der Waals surface area contributed by atoms with Gasteiger partial charge in [0, 0.05) is 16.7 Å². The molecule has 0 saturated heterocycles. The molecular formula is C19H15FN4O2. The van der Waals surface area contributed by atoms with E-state index in [2.05, 4.69) is 9.84 Å². The summed E-state index contributed by atoms with van der Waals surface area (Å²) in [7, 11) is 0. The lowest BCUT2D eigenvalue weighted by Gasteiger charge is -2.24. The predicted molar refractivity (Wildman–Crippen MR) is 96.4 cm³/mol. The summed E-state index contributed by atoms with van der Waals surface area (Å²) in [5.74, 6) is -1.01. The average Bonchev–Trinajstić information content (AvgIpc) is 2.59. The lowest BCUT2D eigenvalue weighted by molar-refractivity contribution is 0.100. The highest BCUT2D eigenvalue weighted by atomic mass is 19.1. The molecule has 0 fully saturated rings. The van der Waals surface area contributed by atoms with Gasteiger partial charge in [0.2, 0.25) is 0 Å². The number of halogens is 1. The Morgan fingerprint density at radius 1 is 1.31 bits per heavy atom. The van der Waals surface area contributed by atoms with E-state index in [0.29, 0.717) is 16.9 Å². The maximum Gasteiger partial charge on any atom is 0.280 e. The van der Waals surface area contributed by atoms with E-state index in [-0.39, 0.29) is 28.9 Å². The van der Waals surface area contributed by atoms with Gasteiger partial charge in [0.05, 0.1) is 6.57 Å². The van der Waals surface area contributed by atoms with E-state index in [4.69, 9.17) is 22.8 Å². The molecule has 2 aromatic rings. The molecule has 0 radical (unpaired) electrons. The van der Waals surface area contributed by atoms with Gasteiger partial charge in [0.1, 0.15) is 17.7 Å². The fourth-order valence-corrected chi connectivity index (χ4v) is 2.81. The van der Waals surface area contributed by atoms with Gasteiger partial charge in [-0.25, -0.2) is 9.24 Å². The summed E-state index contributed by atoms with van der Waals surface area (Å²) >= 11 is 0. The van der Waals surface area contributed by atoms with Crippen LogP contribution >= 0.6 is 0 Å². The number of carbonyl (C=O) groups is 1. The fraction of sp³-hybridized carbons (Fsp3) is 0.105. The van der Waals surface area contributed by atoms with E-state index in [0.717, 1.165) is 0 Å². The molecule has 2 aromatic carbocycles. The Kier molecular flexibility index (Phi) is 4.42. The van der Waals surface area contributed by atoms with Crippen molar-refractivity contribution in [2.24, 2.45) is 16.5 Å². The van der Waals surface area contributed by atoms with Crippen molar-refractivity contribution in [1.82, 2.24) is 0 Å². The molecule has 7 heteroatoms. The predicted octanol–water partition coefficient (Wildman–Crippen LogP) is 3.00. The lowest BCUT2D eigenvalue weighted by Crippen LogP contribution is -2.24. The van der Waals surface area contributed by atoms with Crippen LogP contribution < -0.4 is 16.2 Å². The molecule has 4 N–H and O–H groups in total. The highest BCUT2D eigenvalue weighted by molar-refractivity contribution is 6.03. The number of hydrogen-bond donors (Lipinski definition) is 2. The van der Waals surface area contributed by atoms with Gasteiger partial charge >= 0.3 is 0 Å². The van der Waals surface area contributed by atoms with Crippen molar-refractivity contribution < 1.29 is 13.9 Å². The number of aliphatic imine (C=N–C) groups is 1. The van der Waals surface area contributed by atoms with E-state index in [1.807, 2.05) is 0 Å². The van der Waals surface area contributed by atoms with Gasteiger partial charge in [-0.2, -0.15) is 4.99 Å². The topological polar surface area (TPSA) is 95.1 Å². The number of benzene rings is 2. The number of hydrogen-bond acceptors (Lipinski definition) is 2. The molecule has 0 aromatic heterocycles. The van der Waals surface area contributed by atoms with Crippen LogP contribution in [0.3, 0.4) is 0 Å². The normalized spacial score (nSPS) is 15.1. The third kappa shape index (κ3) is 3.13. The maximum atomic E-state index is 14.5. The second-order valence-corrected chi connectivity index (χ2v) is 5.70. The fourth-order valence-electron chi connectivity index (χ4n) is 2.81. The minimum atomic E-state index is -0.621. The molecule has 0 saturated carbocycles. The quantitative estimate of drug-likeness (QED) is 0.494. The van der Waals surface area contributed by atoms with E-state index in [1.54, 1.807) is 25.1 Å². The Morgan fingerprint density at radius 3 is 2.77 bits per heavy atom. The molecule has 1 unspecified atom stereocenters. The standard InChI is InChI=1S/C19H15FN4O2/c1-10-8-13(17-14(20)4-3-5-15(17)23-2)12-9-11(6-7-16(12)26-10)18(25)24-19(21)22/h3-10H,1H3,(H4,21,22,24,25). The number of guanidine groups is 1. The molecule has 1 aliphatic rings. The van der Waals surface area contributed by atoms with Crippen LogP contribution in [0.4, 0.5) is 10.1 Å². The highest BCUT2D eigenvalue weighted by Crippen LogP contribution is 2.41. The second-order valence-electron chi connectivity index (χ2n) is 5.70. The largest absolute Gasteiger partial charge is 0.486 e. The summed E-state index contributed by atoms with van der Waals surface area (Å²) in [6, 6.07) is 8.98. The number of carbonyl (C=O) groups excluding carboxylic acids is 1. The Morgan fingerprint density at radius 2 is 2.08 bits per heavy atom. The van der Waals surface area contributed by atoms with Crippen molar-refractivity contribution >= 4 is 23.1 Å². The zero-order valence-electron chi connectivity index (χ0n) is 13.9. The molecule has 0 bridgehead atoms. The van der Waals surface area contributed by atoms with Crippen molar-refractivity contribution in [3.05, 3.63) is 76.4 Å². The first kappa shape index (κ1) is 17.2. The Bertz CT molecular complexity index is 1000. The summed E-state index contributed by atoms with van der Waals surface area (Å²) in [4.78, 5) is 19.0. The maximum absolute atomic E-state index is 14.5. The summed E-state index contributed by atoms with van der Waals surface area (Å²) in [6.45, 7) is 9.13. The molecule has 1 heterocycles. The van der Waals surface area contributed by atoms with Gasteiger partial charge in [-0.05, 0) is 42.8 Å². The van der Waals surface area contributed by atoms with Gasteiger partial charge in [-0.15, -0.1) is 0 Å². The summed E-state index contributed by atoms with van der Waals surface area (Å²) < 4.78 is 20.3. The summed E-state index contributed by atoms with van der Waals surface area (Å²) in [5, 5.41) is 0. The summed E-state index contributed by atoms with van der Waals surface area (Å²) in [6.07, 6.45) is 1.39. The Labute approximate surface area is 149 Å². The molecule has 130 valence electrons. The molecule has 26 heavy (non-hydrogen) atoms. The first-order valence-corrected chi connectivity index (χ1v) is 7.74. The lowest BCUT2D eigenvalue weighted by atomic mass is 9.91. The van der Waals surface area contributed by atoms with Crippen LogP contribution in [0.5, 0.6) is 5.75 Å². The zero-order chi connectivity index (χ0) is 18.8. The Balaban J connectivity index is 2.20. The van der Waals surface area contributed by atoms with E-state index < -0.39 is 11.7 Å². The van der Waals surface area contributed by atoms with Crippen molar-refractivity contribution in [2.75, 3.05) is 0 Å². The first-order chi connectivity index (χ1) is 12.4. The molecule has 1 atom stereocenters. The van der Waals surface area contributed by atoms with Crippen molar-refractivity contribution in [3.8, 4) is 5.75 Å². The monoisotopic (exact) mass is 350 g/mol. The zero-order valence-corrected chi connectivity index (χ0v) is 13.9. The smallest absolute Gasteiger partial charge is 0.280 e. The molecular weight excluding hydrogens is 335 g/mol. The molecule has 0 spiro atoms. The van der Waals surface area contributed by atoms with Crippen molar-refractivity contribution in [3.63, 3.8) is 0 Å². The molecule has 3 rings (SSSR count). The van der Waals surface area contributed by atoms with E-state index in [1.165, 1.54) is 24.3 Å². The van der Waals surface area contributed by atoms with Crippen LogP contribution in [0.2, 0.25) is 0 Å². The van der Waals surface area contributed by atoms with E-state index >= 15 is 0 Å². The minimum Gasteiger partial charge on any atom is -0.486 e. The highest BCUT2D eigenvalue weighted by Gasteiger charge is 2.24. The number of nitrogens with two attached hydrogens (primary N) is 2. The number of ether oxygens (including phenoxy) is 1. The van der Waals surface area contributed by atoms with Crippen LogP contribution in [0.25, 0.3) is 10.4 Å². The summed E-state index contributed by atoms with van der Waals surface area (Å²) in [5.41, 5.74) is 12.1. The third-order valence-corrected chi connectivity index (χ3v) is 3.84. The van der Waals surface area contributed by atoms with Crippen LogP contribution in [0, 0.1) is 12.4 Å². The van der Waals surface area contributed by atoms with Crippen LogP contribution in [-0.4, -0.2) is 18.0 Å². The van der Waals surface area contributed by atoms with E-state index in [9.17, 15) is 9.18 Å². The van der Waals surface area contributed by atoms with Crippen LogP contribution in [-0.2, 0) is 0 Å². The molecule has 1 aliphatic heterocycles. The van der Waals surface area contributed by atoms with Crippen molar-refractivity contribution in [2.45, 2.75) is 13.0 Å². The molecule has 6 nitrogen and oxygen atoms in total. The number of amides is 1. The van der Waals surface area contributed by atoms with Gasteiger partial charge in [-0.1, -0.05) is 12.1 Å². The number of fused-ring (bicyclic) bond motifs is 1. The number of rotatable bonds is 2. The molecule has 0 aliphatic carbocycles. The van der Waals surface area contributed by atoms with Gasteiger partial charge in [-0.3, -0.25) is 4.79 Å². The Hall–Kier alpha value is -3.66. The second kappa shape index (κ2) is 6.69.